The molecule has 0 aromatic heterocycles. The van der Waals surface area contributed by atoms with Crippen LogP contribution in [-0.4, -0.2) is 60.7 Å². The Morgan fingerprint density at radius 1 is 0.455 bits per heavy atom. The van der Waals surface area contributed by atoms with Crippen molar-refractivity contribution in [3.63, 3.8) is 0 Å². The second-order valence-corrected chi connectivity index (χ2v) is 9.26. The van der Waals surface area contributed by atoms with Gasteiger partial charge >= 0.3 is 12.4 Å². The van der Waals surface area contributed by atoms with Crippen LogP contribution < -0.4 is 0 Å². The van der Waals surface area contributed by atoms with Crippen molar-refractivity contribution in [2.24, 2.45) is 0 Å². The van der Waals surface area contributed by atoms with Crippen molar-refractivity contribution in [3.05, 3.63) is 21.3 Å². The first-order valence-electron chi connectivity index (χ1n) is 11.2. The van der Waals surface area contributed by atoms with E-state index in [1.807, 2.05) is 27.7 Å². The van der Waals surface area contributed by atoms with Gasteiger partial charge in [0.05, 0.1) is 0 Å². The summed E-state index contributed by atoms with van der Waals surface area (Å²) in [5.41, 5.74) is 0. The summed E-state index contributed by atoms with van der Waals surface area (Å²) < 4.78 is 75.9. The van der Waals surface area contributed by atoms with Crippen molar-refractivity contribution in [1.29, 1.82) is 0 Å². The number of rotatable bonds is 12. The zero-order valence-corrected chi connectivity index (χ0v) is 22.4. The molecule has 11 heteroatoms. The molecule has 0 aliphatic rings. The standard InChI is InChI=1S/2C11H21F3N2.Ni/c2*1-7(2)15-9(5)6-10(11(12,13)14)16-8(3)4;/h2*7-10H,6H2,1-5H3;/q2*-2;. The van der Waals surface area contributed by atoms with E-state index >= 15 is 0 Å². The van der Waals surface area contributed by atoms with Gasteiger partial charge in [0, 0.05) is 16.5 Å². The number of alkyl halides is 6. The number of nitrogens with zero attached hydrogens (tertiary/aromatic N) is 4. The van der Waals surface area contributed by atoms with Gasteiger partial charge in [-0.05, 0) is 12.1 Å². The van der Waals surface area contributed by atoms with E-state index in [0.29, 0.717) is 0 Å². The maximum Gasteiger partial charge on any atom is 0.373 e. The Morgan fingerprint density at radius 2 is 0.667 bits per heavy atom. The first-order valence-corrected chi connectivity index (χ1v) is 11.2. The Balaban J connectivity index is -0.000000529. The topological polar surface area (TPSA) is 56.4 Å². The summed E-state index contributed by atoms with van der Waals surface area (Å²) >= 11 is 0. The van der Waals surface area contributed by atoms with E-state index in [1.165, 1.54) is 0 Å². The molecule has 4 unspecified atom stereocenters. The molecule has 4 atom stereocenters. The molecule has 0 amide bonds. The smallest absolute Gasteiger partial charge is 0.373 e. The molecule has 0 aliphatic carbocycles. The summed E-state index contributed by atoms with van der Waals surface area (Å²) in [7, 11) is 0. The molecule has 0 saturated carbocycles. The Bertz CT molecular complexity index is 429. The van der Waals surface area contributed by atoms with Gasteiger partial charge in [-0.3, -0.25) is 0 Å². The van der Waals surface area contributed by atoms with Crippen LogP contribution in [0.4, 0.5) is 26.3 Å². The normalized spacial score (nSPS) is 16.4. The van der Waals surface area contributed by atoms with Crippen LogP contribution in [0.1, 0.15) is 82.1 Å². The minimum absolute atomic E-state index is 0. The molecular formula is C22H42F6N4Ni-4. The molecule has 0 radical (unpaired) electrons. The minimum Gasteiger partial charge on any atom is -0.657 e. The maximum atomic E-state index is 12.6. The predicted octanol–water partition coefficient (Wildman–Crippen LogP) is 8.52. The van der Waals surface area contributed by atoms with Crippen molar-refractivity contribution in [3.8, 4) is 0 Å². The number of hydrogen-bond acceptors (Lipinski definition) is 0. The van der Waals surface area contributed by atoms with E-state index in [9.17, 15) is 26.3 Å². The van der Waals surface area contributed by atoms with Gasteiger partial charge in [-0.15, -0.1) is 36.3 Å². The third-order valence-electron chi connectivity index (χ3n) is 3.95. The fraction of sp³-hybridized carbons (Fsp3) is 1.00. The second kappa shape index (κ2) is 17.4. The van der Waals surface area contributed by atoms with E-state index in [0.717, 1.165) is 0 Å². The third-order valence-corrected chi connectivity index (χ3v) is 3.95. The van der Waals surface area contributed by atoms with Gasteiger partial charge < -0.3 is 21.3 Å². The zero-order chi connectivity index (χ0) is 25.9. The van der Waals surface area contributed by atoms with Gasteiger partial charge in [0.1, 0.15) is 0 Å². The molecule has 0 fully saturated rings. The average molecular weight is 535 g/mol. The average Bonchev–Trinajstić information content (AvgIpc) is 2.50. The quantitative estimate of drug-likeness (QED) is 0.178. The monoisotopic (exact) mass is 534 g/mol. The molecule has 0 heterocycles. The minimum atomic E-state index is -4.26. The van der Waals surface area contributed by atoms with Crippen LogP contribution in [0.5, 0.6) is 0 Å². The predicted molar refractivity (Wildman–Crippen MR) is 122 cm³/mol. The van der Waals surface area contributed by atoms with Crippen LogP contribution in [0.3, 0.4) is 0 Å². The van der Waals surface area contributed by atoms with Crippen LogP contribution >= 0.6 is 0 Å². The maximum absolute atomic E-state index is 12.6. The molecule has 33 heavy (non-hydrogen) atoms. The Labute approximate surface area is 207 Å². The van der Waals surface area contributed by atoms with Gasteiger partial charge in [0.15, 0.2) is 0 Å². The first-order chi connectivity index (χ1) is 14.2. The fourth-order valence-corrected chi connectivity index (χ4v) is 3.06. The van der Waals surface area contributed by atoms with Crippen LogP contribution in [0.2, 0.25) is 0 Å². The van der Waals surface area contributed by atoms with E-state index in [2.05, 4.69) is 21.3 Å². The molecule has 0 rings (SSSR count). The molecule has 0 aromatic carbocycles. The number of halogens is 6. The van der Waals surface area contributed by atoms with Crippen molar-refractivity contribution < 1.29 is 42.8 Å². The van der Waals surface area contributed by atoms with Crippen molar-refractivity contribution in [1.82, 2.24) is 0 Å². The van der Waals surface area contributed by atoms with Crippen LogP contribution in [0.15, 0.2) is 0 Å². The molecule has 4 nitrogen and oxygen atoms in total. The summed E-state index contributed by atoms with van der Waals surface area (Å²) in [5.74, 6) is 0. The van der Waals surface area contributed by atoms with Crippen LogP contribution in [0, 0.1) is 0 Å². The van der Waals surface area contributed by atoms with Gasteiger partial charge in [-0.2, -0.15) is 26.3 Å². The molecule has 0 saturated heterocycles. The Morgan fingerprint density at radius 3 is 0.818 bits per heavy atom. The summed E-state index contributed by atoms with van der Waals surface area (Å²) in [6.07, 6.45) is -8.63. The summed E-state index contributed by atoms with van der Waals surface area (Å²) in [4.78, 5) is 0. The van der Waals surface area contributed by atoms with E-state index in [1.54, 1.807) is 41.5 Å². The molecule has 0 bridgehead atoms. The van der Waals surface area contributed by atoms with E-state index in [-0.39, 0.29) is 65.6 Å². The SMILES string of the molecule is CC(C)[N-]C(C)CC([N-]C(C)C)C(F)(F)F.CC(C)[N-]C(C)CC([N-]C(C)C)C(F)(F)F.[Ni]. The summed E-state index contributed by atoms with van der Waals surface area (Å²) in [5, 5.41) is 15.8. The molecule has 0 aliphatic heterocycles. The Kier molecular flexibility index (Phi) is 19.7. The first kappa shape index (κ1) is 37.5. The van der Waals surface area contributed by atoms with Gasteiger partial charge in [-0.25, -0.2) is 0 Å². The molecule has 0 N–H and O–H groups in total. The molecule has 0 spiro atoms. The van der Waals surface area contributed by atoms with E-state index < -0.39 is 24.4 Å². The largest absolute Gasteiger partial charge is 0.657 e. The van der Waals surface area contributed by atoms with Crippen molar-refractivity contribution >= 4 is 0 Å². The summed E-state index contributed by atoms with van der Waals surface area (Å²) in [6, 6.07) is -4.31. The Hall–Kier alpha value is -0.0865. The van der Waals surface area contributed by atoms with Crippen LogP contribution in [0.25, 0.3) is 21.3 Å². The third kappa shape index (κ3) is 22.1. The molecule has 0 aromatic rings. The molecule has 206 valence electrons. The van der Waals surface area contributed by atoms with E-state index in [4.69, 9.17) is 0 Å². The van der Waals surface area contributed by atoms with Crippen molar-refractivity contribution in [2.75, 3.05) is 0 Å². The molecular weight excluding hydrogens is 493 g/mol. The van der Waals surface area contributed by atoms with Gasteiger partial charge in [0.25, 0.3) is 0 Å². The van der Waals surface area contributed by atoms with Gasteiger partial charge in [0.2, 0.25) is 0 Å². The zero-order valence-electron chi connectivity index (χ0n) is 21.4. The second-order valence-electron chi connectivity index (χ2n) is 9.26. The van der Waals surface area contributed by atoms with Gasteiger partial charge in [-0.1, -0.05) is 82.1 Å². The van der Waals surface area contributed by atoms with Crippen LogP contribution in [-0.2, 0) is 16.5 Å². The van der Waals surface area contributed by atoms with Crippen molar-refractivity contribution in [2.45, 2.75) is 143 Å². The fourth-order valence-electron chi connectivity index (χ4n) is 3.06. The summed E-state index contributed by atoms with van der Waals surface area (Å²) in [6.45, 7) is 17.5. The number of hydrogen-bond donors (Lipinski definition) is 0.